The van der Waals surface area contributed by atoms with Gasteiger partial charge in [0.05, 0.1) is 4.88 Å². The van der Waals surface area contributed by atoms with Crippen LogP contribution in [0.25, 0.3) is 0 Å². The molecule has 1 amide bonds. The highest BCUT2D eigenvalue weighted by Gasteiger charge is 2.11. The van der Waals surface area contributed by atoms with Crippen LogP contribution in [0.3, 0.4) is 0 Å². The highest BCUT2D eigenvalue weighted by molar-refractivity contribution is 7.14. The first-order valence-electron chi connectivity index (χ1n) is 5.70. The molecule has 5 nitrogen and oxygen atoms in total. The lowest BCUT2D eigenvalue weighted by Gasteiger charge is -2.03. The van der Waals surface area contributed by atoms with Gasteiger partial charge in [-0.1, -0.05) is 13.0 Å². The molecule has 0 fully saturated rings. The van der Waals surface area contributed by atoms with Gasteiger partial charge in [-0.25, -0.2) is 9.78 Å². The van der Waals surface area contributed by atoms with E-state index in [4.69, 9.17) is 5.11 Å². The summed E-state index contributed by atoms with van der Waals surface area (Å²) in [6.07, 6.45) is 0.880. The Labute approximate surface area is 113 Å². The van der Waals surface area contributed by atoms with Gasteiger partial charge >= 0.3 is 5.97 Å². The summed E-state index contributed by atoms with van der Waals surface area (Å²) < 4.78 is 0. The van der Waals surface area contributed by atoms with E-state index in [0.29, 0.717) is 4.88 Å². The maximum absolute atomic E-state index is 11.9. The van der Waals surface area contributed by atoms with E-state index in [1.807, 2.05) is 13.0 Å². The summed E-state index contributed by atoms with van der Waals surface area (Å²) in [7, 11) is 0. The highest BCUT2D eigenvalue weighted by Crippen LogP contribution is 2.18. The quantitative estimate of drug-likeness (QED) is 0.899. The summed E-state index contributed by atoms with van der Waals surface area (Å²) in [6.45, 7) is 2.02. The molecule has 19 heavy (non-hydrogen) atoms. The molecule has 2 aromatic heterocycles. The molecule has 0 spiro atoms. The number of amides is 1. The molecule has 98 valence electrons. The van der Waals surface area contributed by atoms with Crippen molar-refractivity contribution in [3.63, 3.8) is 0 Å². The Hall–Kier alpha value is -2.21. The second kappa shape index (κ2) is 5.62. The largest absolute Gasteiger partial charge is 0.477 e. The summed E-state index contributed by atoms with van der Waals surface area (Å²) in [4.78, 5) is 28.3. The van der Waals surface area contributed by atoms with E-state index in [1.54, 1.807) is 12.1 Å². The zero-order valence-electron chi connectivity index (χ0n) is 10.2. The summed E-state index contributed by atoms with van der Waals surface area (Å²) >= 11 is 1.41. The summed E-state index contributed by atoms with van der Waals surface area (Å²) in [5, 5.41) is 11.4. The van der Waals surface area contributed by atoms with Gasteiger partial charge in [0.1, 0.15) is 5.82 Å². The molecule has 2 N–H and O–H groups in total. The van der Waals surface area contributed by atoms with Gasteiger partial charge in [-0.05, 0) is 30.7 Å². The lowest BCUT2D eigenvalue weighted by atomic mass is 10.3. The first-order valence-corrected chi connectivity index (χ1v) is 6.52. The number of nitrogens with one attached hydrogen (secondary N) is 1. The number of carbonyl (C=O) groups is 2. The molecule has 0 aliphatic heterocycles. The molecular formula is C13H12N2O3S. The third-order valence-corrected chi connectivity index (χ3v) is 3.67. The van der Waals surface area contributed by atoms with Crippen molar-refractivity contribution in [2.45, 2.75) is 13.3 Å². The monoisotopic (exact) mass is 276 g/mol. The minimum atomic E-state index is -1.12. The van der Waals surface area contributed by atoms with Gasteiger partial charge in [0.25, 0.3) is 5.91 Å². The van der Waals surface area contributed by atoms with Gasteiger partial charge in [-0.2, -0.15) is 0 Å². The minimum absolute atomic E-state index is 0.0989. The Bertz CT molecular complexity index is 622. The number of hydrogen-bond acceptors (Lipinski definition) is 4. The number of aryl methyl sites for hydroxylation is 1. The van der Waals surface area contributed by atoms with E-state index in [9.17, 15) is 9.59 Å². The predicted molar refractivity (Wildman–Crippen MR) is 72.8 cm³/mol. The van der Waals surface area contributed by atoms with Crippen LogP contribution in [0.2, 0.25) is 0 Å². The number of hydrogen-bond donors (Lipinski definition) is 2. The summed E-state index contributed by atoms with van der Waals surface area (Å²) in [5.41, 5.74) is -0.0989. The second-order valence-corrected chi connectivity index (χ2v) is 4.96. The third kappa shape index (κ3) is 3.17. The summed E-state index contributed by atoms with van der Waals surface area (Å²) in [5.74, 6) is -1.17. The van der Waals surface area contributed by atoms with Crippen molar-refractivity contribution in [3.05, 3.63) is 45.8 Å². The average molecular weight is 276 g/mol. The first-order chi connectivity index (χ1) is 9.10. The van der Waals surface area contributed by atoms with Crippen LogP contribution < -0.4 is 5.32 Å². The molecule has 0 saturated heterocycles. The van der Waals surface area contributed by atoms with Crippen molar-refractivity contribution in [2.24, 2.45) is 0 Å². The number of rotatable bonds is 4. The Morgan fingerprint density at radius 1 is 1.32 bits per heavy atom. The molecule has 0 aliphatic carbocycles. The standard InChI is InChI=1S/C13H12N2O3S/c1-2-8-6-7-10(19-8)12(16)15-11-5-3-4-9(14-11)13(17)18/h3-7H,2H2,1H3,(H,17,18)(H,14,15,16). The van der Waals surface area contributed by atoms with Crippen LogP contribution in [-0.2, 0) is 6.42 Å². The zero-order valence-corrected chi connectivity index (χ0v) is 11.0. The number of anilines is 1. The van der Waals surface area contributed by atoms with E-state index in [-0.39, 0.29) is 17.4 Å². The Morgan fingerprint density at radius 3 is 2.74 bits per heavy atom. The van der Waals surface area contributed by atoms with Crippen molar-refractivity contribution >= 4 is 29.0 Å². The van der Waals surface area contributed by atoms with Crippen LogP contribution in [0, 0.1) is 0 Å². The fourth-order valence-corrected chi connectivity index (χ4v) is 2.33. The number of nitrogens with zero attached hydrogens (tertiary/aromatic N) is 1. The van der Waals surface area contributed by atoms with E-state index in [1.165, 1.54) is 23.5 Å². The molecule has 0 radical (unpaired) electrons. The van der Waals surface area contributed by atoms with Gasteiger partial charge < -0.3 is 10.4 Å². The molecule has 6 heteroatoms. The van der Waals surface area contributed by atoms with Crippen molar-refractivity contribution in [2.75, 3.05) is 5.32 Å². The Morgan fingerprint density at radius 2 is 2.11 bits per heavy atom. The van der Waals surface area contributed by atoms with Gasteiger partial charge in [-0.15, -0.1) is 11.3 Å². The van der Waals surface area contributed by atoms with Crippen molar-refractivity contribution in [1.29, 1.82) is 0 Å². The topological polar surface area (TPSA) is 79.3 Å². The normalized spacial score (nSPS) is 10.2. The molecule has 0 atom stereocenters. The first kappa shape index (κ1) is 13.2. The van der Waals surface area contributed by atoms with Crippen LogP contribution >= 0.6 is 11.3 Å². The van der Waals surface area contributed by atoms with E-state index in [2.05, 4.69) is 10.3 Å². The molecule has 0 aromatic carbocycles. The smallest absolute Gasteiger partial charge is 0.354 e. The van der Waals surface area contributed by atoms with Crippen LogP contribution in [0.4, 0.5) is 5.82 Å². The fraction of sp³-hybridized carbons (Fsp3) is 0.154. The second-order valence-electron chi connectivity index (χ2n) is 3.79. The predicted octanol–water partition coefficient (Wildman–Crippen LogP) is 2.66. The zero-order chi connectivity index (χ0) is 13.8. The van der Waals surface area contributed by atoms with Crippen LogP contribution in [0.5, 0.6) is 0 Å². The Balaban J connectivity index is 2.14. The number of carboxylic acid groups (broad SMARTS) is 1. The lowest BCUT2D eigenvalue weighted by Crippen LogP contribution is -2.12. The molecular weight excluding hydrogens is 264 g/mol. The number of thiophene rings is 1. The number of carbonyl (C=O) groups excluding carboxylic acids is 1. The number of carboxylic acids is 1. The van der Waals surface area contributed by atoms with Crippen LogP contribution in [0.15, 0.2) is 30.3 Å². The van der Waals surface area contributed by atoms with Gasteiger partial charge in [0, 0.05) is 4.88 Å². The van der Waals surface area contributed by atoms with Crippen molar-refractivity contribution < 1.29 is 14.7 Å². The molecule has 0 unspecified atom stereocenters. The van der Waals surface area contributed by atoms with Crippen LogP contribution in [0.1, 0.15) is 32.0 Å². The maximum Gasteiger partial charge on any atom is 0.354 e. The van der Waals surface area contributed by atoms with Crippen molar-refractivity contribution in [1.82, 2.24) is 4.98 Å². The number of aromatic carboxylic acids is 1. The Kier molecular flexibility index (Phi) is 3.91. The molecule has 2 rings (SSSR count). The van der Waals surface area contributed by atoms with E-state index < -0.39 is 5.97 Å². The van der Waals surface area contributed by atoms with Crippen LogP contribution in [-0.4, -0.2) is 22.0 Å². The third-order valence-electron chi connectivity index (χ3n) is 2.44. The maximum atomic E-state index is 11.9. The van der Waals surface area contributed by atoms with Gasteiger partial charge in [0.15, 0.2) is 5.69 Å². The lowest BCUT2D eigenvalue weighted by molar-refractivity contribution is 0.0690. The molecule has 0 saturated carbocycles. The number of pyridine rings is 1. The highest BCUT2D eigenvalue weighted by atomic mass is 32.1. The van der Waals surface area contributed by atoms with E-state index >= 15 is 0 Å². The molecule has 0 aliphatic rings. The molecule has 2 aromatic rings. The fourth-order valence-electron chi connectivity index (χ4n) is 1.49. The molecule has 2 heterocycles. The summed E-state index contributed by atoms with van der Waals surface area (Å²) in [6, 6.07) is 8.12. The SMILES string of the molecule is CCc1ccc(C(=O)Nc2cccc(C(=O)O)n2)s1. The van der Waals surface area contributed by atoms with Crippen molar-refractivity contribution in [3.8, 4) is 0 Å². The molecule has 0 bridgehead atoms. The average Bonchev–Trinajstić information content (AvgIpc) is 2.88. The van der Waals surface area contributed by atoms with E-state index in [0.717, 1.165) is 11.3 Å². The van der Waals surface area contributed by atoms with Gasteiger partial charge in [-0.3, -0.25) is 4.79 Å². The number of aromatic nitrogens is 1. The minimum Gasteiger partial charge on any atom is -0.477 e. The van der Waals surface area contributed by atoms with Gasteiger partial charge in [0.2, 0.25) is 0 Å².